The quantitative estimate of drug-likeness (QED) is 0.640. The average Bonchev–Trinajstić information content (AvgIpc) is 2.23. The molecule has 0 aliphatic carbocycles. The van der Waals surface area contributed by atoms with Crippen molar-refractivity contribution >= 4 is 12.3 Å². The van der Waals surface area contributed by atoms with Crippen LogP contribution in [0, 0.1) is 5.82 Å². The van der Waals surface area contributed by atoms with E-state index < -0.39 is 0 Å². The van der Waals surface area contributed by atoms with E-state index in [1.54, 1.807) is 24.5 Å². The molecule has 1 aromatic rings. The van der Waals surface area contributed by atoms with E-state index in [2.05, 4.69) is 4.99 Å². The second-order valence-corrected chi connectivity index (χ2v) is 3.11. The maximum absolute atomic E-state index is 13.2. The number of rotatable bonds is 1. The first kappa shape index (κ1) is 8.88. The zero-order valence-corrected chi connectivity index (χ0v) is 7.65. The molecule has 0 aromatic heterocycles. The van der Waals surface area contributed by atoms with Gasteiger partial charge in [0.25, 0.3) is 0 Å². The van der Waals surface area contributed by atoms with Gasteiger partial charge in [-0.3, -0.25) is 4.99 Å². The molecule has 0 atom stereocenters. The van der Waals surface area contributed by atoms with E-state index in [-0.39, 0.29) is 5.82 Å². The van der Waals surface area contributed by atoms with Crippen LogP contribution in [-0.2, 0) is 0 Å². The van der Waals surface area contributed by atoms with Crippen molar-refractivity contribution in [3.8, 4) is 0 Å². The molecule has 0 unspecified atom stereocenters. The van der Waals surface area contributed by atoms with Gasteiger partial charge in [0, 0.05) is 18.0 Å². The first-order chi connectivity index (χ1) is 6.86. The Kier molecular flexibility index (Phi) is 2.54. The van der Waals surface area contributed by atoms with Crippen LogP contribution in [0.5, 0.6) is 0 Å². The maximum atomic E-state index is 13.2. The van der Waals surface area contributed by atoms with Crippen LogP contribution in [0.2, 0.25) is 0 Å². The van der Waals surface area contributed by atoms with Crippen molar-refractivity contribution < 1.29 is 4.39 Å². The average molecular weight is 187 g/mol. The van der Waals surface area contributed by atoms with E-state index in [4.69, 9.17) is 0 Å². The fourth-order valence-electron chi connectivity index (χ4n) is 1.33. The fourth-order valence-corrected chi connectivity index (χ4v) is 1.33. The third kappa shape index (κ3) is 1.96. The van der Waals surface area contributed by atoms with Gasteiger partial charge in [0.1, 0.15) is 5.82 Å². The van der Waals surface area contributed by atoms with Crippen molar-refractivity contribution in [3.05, 3.63) is 53.5 Å². The molecule has 0 spiro atoms. The van der Waals surface area contributed by atoms with Crippen molar-refractivity contribution in [2.75, 3.05) is 0 Å². The lowest BCUT2D eigenvalue weighted by atomic mass is 10.1. The summed E-state index contributed by atoms with van der Waals surface area (Å²) in [7, 11) is 0. The first-order valence-electron chi connectivity index (χ1n) is 4.49. The van der Waals surface area contributed by atoms with Crippen LogP contribution >= 0.6 is 0 Å². The lowest BCUT2D eigenvalue weighted by Crippen LogP contribution is -1.89. The standard InChI is InChI=1S/C12H10FN/c13-12-6-2-1-5-11(12)8-10-4-3-7-14-9-10/h1-3,5-9H,4H2/b10-8+. The number of hydrogen-bond acceptors (Lipinski definition) is 1. The van der Waals surface area contributed by atoms with Crippen LogP contribution in [0.15, 0.2) is 47.1 Å². The molecule has 70 valence electrons. The molecule has 0 saturated carbocycles. The summed E-state index contributed by atoms with van der Waals surface area (Å²) in [6.07, 6.45) is 8.10. The second kappa shape index (κ2) is 4.01. The van der Waals surface area contributed by atoms with Crippen molar-refractivity contribution in [2.24, 2.45) is 4.99 Å². The third-order valence-electron chi connectivity index (χ3n) is 2.03. The van der Waals surface area contributed by atoms with Crippen molar-refractivity contribution in [1.82, 2.24) is 0 Å². The number of benzene rings is 1. The summed E-state index contributed by atoms with van der Waals surface area (Å²) < 4.78 is 13.2. The Labute approximate surface area is 82.3 Å². The van der Waals surface area contributed by atoms with Gasteiger partial charge in [0.15, 0.2) is 0 Å². The SMILES string of the molecule is Fc1ccccc1/C=C1/C=NC=CC1. The first-order valence-corrected chi connectivity index (χ1v) is 4.49. The Morgan fingerprint density at radius 2 is 2.14 bits per heavy atom. The highest BCUT2D eigenvalue weighted by Crippen LogP contribution is 2.14. The van der Waals surface area contributed by atoms with E-state index in [0.29, 0.717) is 5.56 Å². The Bertz CT molecular complexity index is 416. The van der Waals surface area contributed by atoms with Crippen LogP contribution < -0.4 is 0 Å². The second-order valence-electron chi connectivity index (χ2n) is 3.11. The predicted molar refractivity (Wildman–Crippen MR) is 56.6 cm³/mol. The van der Waals surface area contributed by atoms with E-state index in [1.807, 2.05) is 18.2 Å². The Morgan fingerprint density at radius 3 is 2.86 bits per heavy atom. The smallest absolute Gasteiger partial charge is 0.130 e. The summed E-state index contributed by atoms with van der Waals surface area (Å²) in [5.74, 6) is -0.192. The van der Waals surface area contributed by atoms with Gasteiger partial charge in [0.2, 0.25) is 0 Å². The lowest BCUT2D eigenvalue weighted by molar-refractivity contribution is 0.625. The van der Waals surface area contributed by atoms with Gasteiger partial charge in [-0.2, -0.15) is 0 Å². The lowest BCUT2D eigenvalue weighted by Gasteiger charge is -2.02. The van der Waals surface area contributed by atoms with Crippen LogP contribution in [0.25, 0.3) is 6.08 Å². The minimum absolute atomic E-state index is 0.192. The maximum Gasteiger partial charge on any atom is 0.130 e. The van der Waals surface area contributed by atoms with E-state index in [9.17, 15) is 4.39 Å². The summed E-state index contributed by atoms with van der Waals surface area (Å²) >= 11 is 0. The van der Waals surface area contributed by atoms with Crippen molar-refractivity contribution in [1.29, 1.82) is 0 Å². The molecular formula is C12H10FN. The minimum atomic E-state index is -0.192. The number of nitrogens with zero attached hydrogens (tertiary/aromatic N) is 1. The number of allylic oxidation sites excluding steroid dienone is 2. The van der Waals surface area contributed by atoms with Gasteiger partial charge >= 0.3 is 0 Å². The zero-order valence-electron chi connectivity index (χ0n) is 7.65. The highest BCUT2D eigenvalue weighted by atomic mass is 19.1. The number of aliphatic imine (C=N–C) groups is 1. The highest BCUT2D eigenvalue weighted by molar-refractivity contribution is 5.87. The van der Waals surface area contributed by atoms with Crippen molar-refractivity contribution in [3.63, 3.8) is 0 Å². The normalized spacial score (nSPS) is 17.6. The molecule has 1 nitrogen and oxygen atoms in total. The summed E-state index contributed by atoms with van der Waals surface area (Å²) in [5.41, 5.74) is 1.64. The monoisotopic (exact) mass is 187 g/mol. The zero-order chi connectivity index (χ0) is 9.80. The molecule has 1 aromatic carbocycles. The Hall–Kier alpha value is -1.70. The molecule has 0 N–H and O–H groups in total. The molecule has 2 heteroatoms. The Balaban J connectivity index is 2.29. The molecule has 0 radical (unpaired) electrons. The molecular weight excluding hydrogens is 177 g/mol. The third-order valence-corrected chi connectivity index (χ3v) is 2.03. The molecule has 14 heavy (non-hydrogen) atoms. The summed E-state index contributed by atoms with van der Waals surface area (Å²) in [6.45, 7) is 0. The summed E-state index contributed by atoms with van der Waals surface area (Å²) in [6, 6.07) is 6.73. The highest BCUT2D eigenvalue weighted by Gasteiger charge is 1.99. The topological polar surface area (TPSA) is 12.4 Å². The van der Waals surface area contributed by atoms with Crippen LogP contribution in [0.1, 0.15) is 12.0 Å². The van der Waals surface area contributed by atoms with Gasteiger partial charge in [-0.1, -0.05) is 24.3 Å². The van der Waals surface area contributed by atoms with Gasteiger partial charge in [-0.05, 0) is 24.1 Å². The molecule has 0 bridgehead atoms. The fraction of sp³-hybridized carbons (Fsp3) is 0.0833. The van der Waals surface area contributed by atoms with Gasteiger partial charge < -0.3 is 0 Å². The minimum Gasteiger partial charge on any atom is -0.265 e. The van der Waals surface area contributed by atoms with Crippen LogP contribution in [0.4, 0.5) is 4.39 Å². The van der Waals surface area contributed by atoms with Crippen molar-refractivity contribution in [2.45, 2.75) is 6.42 Å². The van der Waals surface area contributed by atoms with E-state index in [1.165, 1.54) is 6.07 Å². The molecule has 1 aliphatic heterocycles. The molecule has 1 heterocycles. The van der Waals surface area contributed by atoms with E-state index >= 15 is 0 Å². The largest absolute Gasteiger partial charge is 0.265 e. The molecule has 0 saturated heterocycles. The Morgan fingerprint density at radius 1 is 1.29 bits per heavy atom. The number of halogens is 1. The van der Waals surface area contributed by atoms with Gasteiger partial charge in [-0.15, -0.1) is 0 Å². The number of hydrogen-bond donors (Lipinski definition) is 0. The van der Waals surface area contributed by atoms with Gasteiger partial charge in [0.05, 0.1) is 0 Å². The molecule has 1 aliphatic rings. The van der Waals surface area contributed by atoms with E-state index in [0.717, 1.165) is 12.0 Å². The molecule has 0 amide bonds. The summed E-state index contributed by atoms with van der Waals surface area (Å²) in [5, 5.41) is 0. The van der Waals surface area contributed by atoms with Crippen LogP contribution in [0.3, 0.4) is 0 Å². The van der Waals surface area contributed by atoms with Gasteiger partial charge in [-0.25, -0.2) is 4.39 Å². The summed E-state index contributed by atoms with van der Waals surface area (Å²) in [4.78, 5) is 3.99. The molecule has 0 fully saturated rings. The van der Waals surface area contributed by atoms with Crippen LogP contribution in [-0.4, -0.2) is 6.21 Å². The predicted octanol–water partition coefficient (Wildman–Crippen LogP) is 3.20. The molecule has 2 rings (SSSR count).